The fourth-order valence-electron chi connectivity index (χ4n) is 5.74. The first-order valence-corrected chi connectivity index (χ1v) is 10.5. The van der Waals surface area contributed by atoms with Crippen molar-refractivity contribution in [2.45, 2.75) is 49.5 Å². The number of hydrogen-bond donors (Lipinski definition) is 0. The number of carbonyl (C=O) groups is 2. The van der Waals surface area contributed by atoms with E-state index in [1.54, 1.807) is 48.5 Å². The third-order valence-electron chi connectivity index (χ3n) is 6.94. The van der Waals surface area contributed by atoms with Gasteiger partial charge in [-0.3, -0.25) is 0 Å². The van der Waals surface area contributed by atoms with Gasteiger partial charge in [0.1, 0.15) is 12.2 Å². The van der Waals surface area contributed by atoms with Crippen LogP contribution in [0.2, 0.25) is 0 Å². The van der Waals surface area contributed by atoms with E-state index in [-0.39, 0.29) is 36.3 Å². The Bertz CT molecular complexity index is 883. The van der Waals surface area contributed by atoms with Gasteiger partial charge in [-0.15, -0.1) is 0 Å². The predicted octanol–water partition coefficient (Wildman–Crippen LogP) is 3.01. The number of hydrogen-bond acceptors (Lipinski definition) is 6. The number of fused-ring (bicyclic) bond motifs is 9. The SMILES string of the molecule is O=C(OC1C(OC(=O)c2ccccc2)C2OC1C1C3CCC(O3)C21)c1ccccc1. The average Bonchev–Trinajstić information content (AvgIpc) is 3.55. The summed E-state index contributed by atoms with van der Waals surface area (Å²) in [6.07, 6.45) is 0.392. The Labute approximate surface area is 174 Å². The zero-order chi connectivity index (χ0) is 20.2. The standard InChI is InChI=1S/C24H22O6/c25-23(13-7-3-1-4-8-13)29-21-19-17-15-11-12-16(27-15)18(17)20(28-19)22(21)30-24(26)14-9-5-2-6-10-14/h1-10,15-22H,11-12H2. The van der Waals surface area contributed by atoms with Gasteiger partial charge in [0.05, 0.1) is 23.3 Å². The summed E-state index contributed by atoms with van der Waals surface area (Å²) in [4.78, 5) is 25.6. The molecule has 4 heterocycles. The molecular weight excluding hydrogens is 384 g/mol. The van der Waals surface area contributed by atoms with E-state index in [0.29, 0.717) is 11.1 Å². The predicted molar refractivity (Wildman–Crippen MR) is 105 cm³/mol. The normalized spacial score (nSPS) is 37.7. The van der Waals surface area contributed by atoms with Gasteiger partial charge in [-0.05, 0) is 37.1 Å². The molecule has 6 rings (SSSR count). The fourth-order valence-corrected chi connectivity index (χ4v) is 5.74. The Morgan fingerprint density at radius 1 is 0.667 bits per heavy atom. The topological polar surface area (TPSA) is 71.1 Å². The molecule has 0 aliphatic carbocycles. The highest BCUT2D eigenvalue weighted by Gasteiger charge is 2.70. The average molecular weight is 406 g/mol. The fraction of sp³-hybridized carbons (Fsp3) is 0.417. The summed E-state index contributed by atoms with van der Waals surface area (Å²) in [6, 6.07) is 17.7. The maximum absolute atomic E-state index is 12.8. The van der Waals surface area contributed by atoms with E-state index in [9.17, 15) is 9.59 Å². The first-order valence-electron chi connectivity index (χ1n) is 10.5. The van der Waals surface area contributed by atoms with Crippen LogP contribution >= 0.6 is 0 Å². The lowest BCUT2D eigenvalue weighted by Gasteiger charge is -2.37. The van der Waals surface area contributed by atoms with Gasteiger partial charge in [0.25, 0.3) is 0 Å². The summed E-state index contributed by atoms with van der Waals surface area (Å²) >= 11 is 0. The molecule has 8 atom stereocenters. The van der Waals surface area contributed by atoms with Crippen LogP contribution in [0.1, 0.15) is 33.6 Å². The maximum Gasteiger partial charge on any atom is 0.338 e. The minimum atomic E-state index is -0.639. The molecule has 0 aromatic heterocycles. The zero-order valence-electron chi connectivity index (χ0n) is 16.3. The van der Waals surface area contributed by atoms with Crippen LogP contribution in [-0.2, 0) is 18.9 Å². The molecule has 4 bridgehead atoms. The summed E-state index contributed by atoms with van der Waals surface area (Å²) in [7, 11) is 0. The minimum absolute atomic E-state index is 0.138. The second-order valence-corrected chi connectivity index (χ2v) is 8.48. The van der Waals surface area contributed by atoms with Crippen LogP contribution < -0.4 is 0 Å². The van der Waals surface area contributed by atoms with Gasteiger partial charge in [0.15, 0.2) is 12.2 Å². The van der Waals surface area contributed by atoms with E-state index < -0.39 is 24.1 Å². The van der Waals surface area contributed by atoms with Gasteiger partial charge in [0.2, 0.25) is 0 Å². The summed E-state index contributed by atoms with van der Waals surface area (Å²) < 4.78 is 24.2. The van der Waals surface area contributed by atoms with E-state index >= 15 is 0 Å². The van der Waals surface area contributed by atoms with Crippen LogP contribution in [0.3, 0.4) is 0 Å². The van der Waals surface area contributed by atoms with Crippen LogP contribution in [0.15, 0.2) is 60.7 Å². The molecule has 8 unspecified atom stereocenters. The monoisotopic (exact) mass is 406 g/mol. The first kappa shape index (κ1) is 18.1. The van der Waals surface area contributed by atoms with E-state index in [1.807, 2.05) is 12.1 Å². The second kappa shape index (κ2) is 6.93. The Morgan fingerprint density at radius 2 is 1.10 bits per heavy atom. The molecule has 6 heteroatoms. The van der Waals surface area contributed by atoms with Gasteiger partial charge in [0, 0.05) is 11.8 Å². The van der Waals surface area contributed by atoms with Crippen molar-refractivity contribution in [1.29, 1.82) is 0 Å². The molecule has 0 radical (unpaired) electrons. The number of esters is 2. The maximum atomic E-state index is 12.8. The largest absolute Gasteiger partial charge is 0.452 e. The van der Waals surface area contributed by atoms with Crippen molar-refractivity contribution in [2.24, 2.45) is 11.8 Å². The van der Waals surface area contributed by atoms with Crippen molar-refractivity contribution < 1.29 is 28.5 Å². The second-order valence-electron chi connectivity index (χ2n) is 8.48. The molecule has 2 aromatic carbocycles. The van der Waals surface area contributed by atoms with Crippen LogP contribution in [0, 0.1) is 11.8 Å². The molecule has 0 N–H and O–H groups in total. The van der Waals surface area contributed by atoms with E-state index in [1.165, 1.54) is 0 Å². The van der Waals surface area contributed by atoms with Crippen molar-refractivity contribution in [3.63, 3.8) is 0 Å². The minimum Gasteiger partial charge on any atom is -0.452 e. The lowest BCUT2D eigenvalue weighted by Crippen LogP contribution is -2.53. The lowest BCUT2D eigenvalue weighted by atomic mass is 9.69. The highest BCUT2D eigenvalue weighted by Crippen LogP contribution is 2.58. The molecule has 154 valence electrons. The smallest absolute Gasteiger partial charge is 0.338 e. The number of carbonyl (C=O) groups excluding carboxylic acids is 2. The van der Waals surface area contributed by atoms with Crippen molar-refractivity contribution in [2.75, 3.05) is 0 Å². The van der Waals surface area contributed by atoms with Crippen molar-refractivity contribution in [3.05, 3.63) is 71.8 Å². The van der Waals surface area contributed by atoms with Crippen molar-refractivity contribution >= 4 is 11.9 Å². The molecule has 6 nitrogen and oxygen atoms in total. The molecule has 4 aliphatic heterocycles. The Kier molecular flexibility index (Phi) is 4.18. The molecule has 4 fully saturated rings. The number of ether oxygens (including phenoxy) is 4. The third kappa shape index (κ3) is 2.71. The zero-order valence-corrected chi connectivity index (χ0v) is 16.3. The quantitative estimate of drug-likeness (QED) is 0.727. The molecule has 30 heavy (non-hydrogen) atoms. The van der Waals surface area contributed by atoms with E-state index in [2.05, 4.69) is 0 Å². The van der Waals surface area contributed by atoms with Crippen LogP contribution in [0.5, 0.6) is 0 Å². The number of benzene rings is 2. The summed E-state index contributed by atoms with van der Waals surface area (Å²) in [6.45, 7) is 0. The Balaban J connectivity index is 1.28. The van der Waals surface area contributed by atoms with Gasteiger partial charge in [-0.2, -0.15) is 0 Å². The molecular formula is C24H22O6. The molecule has 4 aliphatic rings. The summed E-state index contributed by atoms with van der Waals surface area (Å²) in [5.74, 6) is -0.487. The third-order valence-corrected chi connectivity index (χ3v) is 6.94. The Morgan fingerprint density at radius 3 is 1.53 bits per heavy atom. The summed E-state index contributed by atoms with van der Waals surface area (Å²) in [5, 5.41) is 0. The highest BCUT2D eigenvalue weighted by atomic mass is 16.6. The van der Waals surface area contributed by atoms with Crippen LogP contribution in [0.4, 0.5) is 0 Å². The summed E-state index contributed by atoms with van der Waals surface area (Å²) in [5.41, 5.74) is 0.934. The molecule has 0 spiro atoms. The highest BCUT2D eigenvalue weighted by molar-refractivity contribution is 5.90. The van der Waals surface area contributed by atoms with Crippen LogP contribution in [0.25, 0.3) is 0 Å². The Hall–Kier alpha value is -2.70. The molecule has 0 saturated carbocycles. The van der Waals surface area contributed by atoms with Gasteiger partial charge >= 0.3 is 11.9 Å². The van der Waals surface area contributed by atoms with E-state index in [0.717, 1.165) is 12.8 Å². The van der Waals surface area contributed by atoms with Crippen molar-refractivity contribution in [3.8, 4) is 0 Å². The number of rotatable bonds is 4. The lowest BCUT2D eigenvalue weighted by molar-refractivity contribution is -0.0583. The van der Waals surface area contributed by atoms with Crippen molar-refractivity contribution in [1.82, 2.24) is 0 Å². The van der Waals surface area contributed by atoms with Crippen LogP contribution in [-0.4, -0.2) is 48.6 Å². The molecule has 2 aromatic rings. The molecule has 4 saturated heterocycles. The first-order chi connectivity index (χ1) is 14.7. The van der Waals surface area contributed by atoms with Gasteiger partial charge < -0.3 is 18.9 Å². The van der Waals surface area contributed by atoms with Gasteiger partial charge in [-0.1, -0.05) is 36.4 Å². The van der Waals surface area contributed by atoms with Gasteiger partial charge in [-0.25, -0.2) is 9.59 Å². The molecule has 0 amide bonds. The van der Waals surface area contributed by atoms with E-state index in [4.69, 9.17) is 18.9 Å².